The number of hydrogen-bond donors (Lipinski definition) is 1. The van der Waals surface area contributed by atoms with Gasteiger partial charge >= 0.3 is 0 Å². The third kappa shape index (κ3) is 4.88. The number of nitrogens with zero attached hydrogens (tertiary/aromatic N) is 2. The van der Waals surface area contributed by atoms with Gasteiger partial charge in [0, 0.05) is 19.0 Å². The summed E-state index contributed by atoms with van der Waals surface area (Å²) in [5.41, 5.74) is 6.34. The van der Waals surface area contributed by atoms with Crippen molar-refractivity contribution in [1.82, 2.24) is 9.88 Å². The first-order chi connectivity index (χ1) is 8.49. The first-order valence-corrected chi connectivity index (χ1v) is 7.23. The summed E-state index contributed by atoms with van der Waals surface area (Å²) in [7, 11) is 1.83. The summed E-state index contributed by atoms with van der Waals surface area (Å²) in [4.78, 5) is 18.6. The Morgan fingerprint density at radius 1 is 1.40 bits per heavy atom. The molecule has 0 aliphatic carbocycles. The molecule has 0 unspecified atom stereocenters. The number of aryl methyl sites for hydroxylation is 1. The molecule has 7 heteroatoms. The zero-order valence-electron chi connectivity index (χ0n) is 12.5. The van der Waals surface area contributed by atoms with Crippen molar-refractivity contribution in [2.45, 2.75) is 40.2 Å². The van der Waals surface area contributed by atoms with Crippen LogP contribution in [0.5, 0.6) is 0 Å². The van der Waals surface area contributed by atoms with E-state index in [1.165, 1.54) is 0 Å². The van der Waals surface area contributed by atoms with E-state index in [4.69, 9.17) is 5.73 Å². The maximum Gasteiger partial charge on any atom is 0.230 e. The van der Waals surface area contributed by atoms with Crippen LogP contribution < -0.4 is 5.73 Å². The Balaban J connectivity index is 0. The maximum atomic E-state index is 12.5. The molecule has 0 bridgehead atoms. The number of carbonyl (C=O) groups excluding carboxylic acids is 1. The molecule has 0 spiro atoms. The third-order valence-electron chi connectivity index (χ3n) is 3.61. The maximum absolute atomic E-state index is 12.5. The Morgan fingerprint density at radius 3 is 2.30 bits per heavy atom. The Hall–Kier alpha value is -0.360. The van der Waals surface area contributed by atoms with Crippen LogP contribution in [0, 0.1) is 12.3 Å². The van der Waals surface area contributed by atoms with Crippen LogP contribution in [0.25, 0.3) is 0 Å². The van der Waals surface area contributed by atoms with Gasteiger partial charge in [-0.15, -0.1) is 36.2 Å². The highest BCUT2D eigenvalue weighted by Gasteiger charge is 2.35. The molecule has 0 radical (unpaired) electrons. The molecule has 0 aliphatic heterocycles. The first kappa shape index (κ1) is 21.9. The van der Waals surface area contributed by atoms with E-state index >= 15 is 0 Å². The highest BCUT2D eigenvalue weighted by molar-refractivity contribution is 7.09. The van der Waals surface area contributed by atoms with E-state index in [-0.39, 0.29) is 30.7 Å². The van der Waals surface area contributed by atoms with E-state index < -0.39 is 5.41 Å². The van der Waals surface area contributed by atoms with Gasteiger partial charge in [0.1, 0.15) is 0 Å². The van der Waals surface area contributed by atoms with Gasteiger partial charge in [-0.1, -0.05) is 13.8 Å². The van der Waals surface area contributed by atoms with Crippen molar-refractivity contribution in [1.29, 1.82) is 0 Å². The minimum atomic E-state index is -0.417. The average molecular weight is 342 g/mol. The van der Waals surface area contributed by atoms with E-state index in [0.717, 1.165) is 23.5 Å². The van der Waals surface area contributed by atoms with E-state index in [1.807, 2.05) is 33.2 Å². The van der Waals surface area contributed by atoms with Crippen LogP contribution >= 0.6 is 36.2 Å². The van der Waals surface area contributed by atoms with Crippen LogP contribution in [0.4, 0.5) is 0 Å². The van der Waals surface area contributed by atoms with E-state index in [9.17, 15) is 4.79 Å². The minimum Gasteiger partial charge on any atom is -0.339 e. The molecule has 0 atom stereocenters. The van der Waals surface area contributed by atoms with Crippen LogP contribution in [0.2, 0.25) is 0 Å². The molecule has 20 heavy (non-hydrogen) atoms. The molecule has 1 aromatic rings. The standard InChI is InChI=1S/C13H23N3OS.2ClH/c1-5-13(6-2,9-14)12(17)16(4)7-11-8-18-10(3)15-11;;/h8H,5-7,9,14H2,1-4H3;2*1H. The fourth-order valence-electron chi connectivity index (χ4n) is 2.13. The van der Waals surface area contributed by atoms with Crippen molar-refractivity contribution in [2.24, 2.45) is 11.1 Å². The second-order valence-corrected chi connectivity index (χ2v) is 5.77. The summed E-state index contributed by atoms with van der Waals surface area (Å²) < 4.78 is 0. The van der Waals surface area contributed by atoms with Crippen LogP contribution in [-0.2, 0) is 11.3 Å². The van der Waals surface area contributed by atoms with Crippen molar-refractivity contribution in [3.05, 3.63) is 16.1 Å². The molecule has 2 N–H and O–H groups in total. The lowest BCUT2D eigenvalue weighted by Gasteiger charge is -2.33. The molecule has 1 aromatic heterocycles. The molecule has 118 valence electrons. The Morgan fingerprint density at radius 2 is 1.95 bits per heavy atom. The first-order valence-electron chi connectivity index (χ1n) is 6.35. The molecule has 1 amide bonds. The van der Waals surface area contributed by atoms with Crippen LogP contribution in [0.3, 0.4) is 0 Å². The molecule has 1 rings (SSSR count). The van der Waals surface area contributed by atoms with Gasteiger partial charge in [0.25, 0.3) is 0 Å². The Labute approximate surface area is 138 Å². The zero-order valence-corrected chi connectivity index (χ0v) is 15.0. The smallest absolute Gasteiger partial charge is 0.230 e. The molecule has 0 saturated carbocycles. The average Bonchev–Trinajstić information content (AvgIpc) is 2.77. The summed E-state index contributed by atoms with van der Waals surface area (Å²) >= 11 is 1.61. The number of nitrogens with two attached hydrogens (primary N) is 1. The summed E-state index contributed by atoms with van der Waals surface area (Å²) in [6.07, 6.45) is 1.55. The van der Waals surface area contributed by atoms with Gasteiger partial charge in [0.05, 0.1) is 22.7 Å². The highest BCUT2D eigenvalue weighted by atomic mass is 35.5. The molecule has 4 nitrogen and oxygen atoms in total. The number of aromatic nitrogens is 1. The van der Waals surface area contributed by atoms with Crippen molar-refractivity contribution in [2.75, 3.05) is 13.6 Å². The van der Waals surface area contributed by atoms with Gasteiger partial charge in [0.15, 0.2) is 0 Å². The number of rotatable bonds is 6. The predicted molar refractivity (Wildman–Crippen MR) is 89.9 cm³/mol. The lowest BCUT2D eigenvalue weighted by molar-refractivity contribution is -0.141. The van der Waals surface area contributed by atoms with Gasteiger partial charge in [0.2, 0.25) is 5.91 Å². The van der Waals surface area contributed by atoms with Crippen molar-refractivity contribution < 1.29 is 4.79 Å². The highest BCUT2D eigenvalue weighted by Crippen LogP contribution is 2.27. The summed E-state index contributed by atoms with van der Waals surface area (Å²) in [6.45, 7) is 6.98. The quantitative estimate of drug-likeness (QED) is 0.864. The lowest BCUT2D eigenvalue weighted by Crippen LogP contribution is -2.45. The van der Waals surface area contributed by atoms with Crippen molar-refractivity contribution >= 4 is 42.1 Å². The predicted octanol–water partition coefficient (Wildman–Crippen LogP) is 3.02. The normalized spacial score (nSPS) is 10.4. The molecular weight excluding hydrogens is 317 g/mol. The number of carbonyl (C=O) groups is 1. The van der Waals surface area contributed by atoms with Crippen molar-refractivity contribution in [3.8, 4) is 0 Å². The van der Waals surface area contributed by atoms with Crippen LogP contribution in [0.15, 0.2) is 5.38 Å². The molecule has 0 aliphatic rings. The van der Waals surface area contributed by atoms with E-state index in [1.54, 1.807) is 16.2 Å². The molecule has 0 fully saturated rings. The second-order valence-electron chi connectivity index (χ2n) is 4.71. The van der Waals surface area contributed by atoms with Crippen LogP contribution in [0.1, 0.15) is 37.4 Å². The topological polar surface area (TPSA) is 59.2 Å². The summed E-state index contributed by atoms with van der Waals surface area (Å²) in [5.74, 6) is 0.126. The monoisotopic (exact) mass is 341 g/mol. The Kier molecular flexibility index (Phi) is 10.5. The van der Waals surface area contributed by atoms with Gasteiger partial charge in [-0.3, -0.25) is 4.79 Å². The SMILES string of the molecule is CCC(CC)(CN)C(=O)N(C)Cc1csc(C)n1.Cl.Cl. The second kappa shape index (κ2) is 9.55. The summed E-state index contributed by atoms with van der Waals surface area (Å²) in [6, 6.07) is 0. The molecule has 0 aromatic carbocycles. The van der Waals surface area contributed by atoms with Gasteiger partial charge in [-0.05, 0) is 19.8 Å². The minimum absolute atomic E-state index is 0. The molecular formula is C13H25Cl2N3OS. The molecule has 1 heterocycles. The lowest BCUT2D eigenvalue weighted by atomic mass is 9.81. The van der Waals surface area contributed by atoms with Gasteiger partial charge < -0.3 is 10.6 Å². The number of amides is 1. The largest absolute Gasteiger partial charge is 0.339 e. The van der Waals surface area contributed by atoms with Gasteiger partial charge in [-0.25, -0.2) is 4.98 Å². The summed E-state index contributed by atoms with van der Waals surface area (Å²) in [5, 5.41) is 3.03. The van der Waals surface area contributed by atoms with E-state index in [0.29, 0.717) is 13.1 Å². The zero-order chi connectivity index (χ0) is 13.8. The fourth-order valence-corrected chi connectivity index (χ4v) is 2.73. The van der Waals surface area contributed by atoms with Gasteiger partial charge in [-0.2, -0.15) is 0 Å². The van der Waals surface area contributed by atoms with Crippen molar-refractivity contribution in [3.63, 3.8) is 0 Å². The fraction of sp³-hybridized carbons (Fsp3) is 0.692. The third-order valence-corrected chi connectivity index (χ3v) is 4.43. The molecule has 0 saturated heterocycles. The Bertz CT molecular complexity index is 400. The number of hydrogen-bond acceptors (Lipinski definition) is 4. The number of halogens is 2. The van der Waals surface area contributed by atoms with E-state index in [2.05, 4.69) is 4.98 Å². The van der Waals surface area contributed by atoms with Crippen LogP contribution in [-0.4, -0.2) is 29.4 Å². The number of thiazole rings is 1.